The summed E-state index contributed by atoms with van der Waals surface area (Å²) in [5.41, 5.74) is -0.264. The Hall–Kier alpha value is -1.58. The van der Waals surface area contributed by atoms with Crippen molar-refractivity contribution in [1.82, 2.24) is 20.1 Å². The highest BCUT2D eigenvalue weighted by Crippen LogP contribution is 2.20. The van der Waals surface area contributed by atoms with E-state index in [4.69, 9.17) is 4.74 Å². The molecule has 0 bridgehead atoms. The smallest absolute Gasteiger partial charge is 0.344 e. The lowest BCUT2D eigenvalue weighted by molar-refractivity contribution is -0.119. The molecular weight excluding hydrogens is 348 g/mol. The lowest BCUT2D eigenvalue weighted by Crippen LogP contribution is -2.28. The molecular formula is C15H20N4O3S2. The van der Waals surface area contributed by atoms with Crippen molar-refractivity contribution in [2.45, 2.75) is 43.6 Å². The zero-order valence-electron chi connectivity index (χ0n) is 13.4. The highest BCUT2D eigenvalue weighted by atomic mass is 32.2. The van der Waals surface area contributed by atoms with E-state index in [1.54, 1.807) is 15.9 Å². The average Bonchev–Trinajstić information content (AvgIpc) is 3.30. The van der Waals surface area contributed by atoms with Gasteiger partial charge < -0.3 is 10.1 Å². The van der Waals surface area contributed by atoms with Crippen LogP contribution < -0.4 is 11.0 Å². The van der Waals surface area contributed by atoms with Crippen molar-refractivity contribution < 1.29 is 9.53 Å². The number of carbonyl (C=O) groups excluding carboxylic acids is 1. The Morgan fingerprint density at radius 2 is 2.54 bits per heavy atom. The Morgan fingerprint density at radius 1 is 1.67 bits per heavy atom. The van der Waals surface area contributed by atoms with Gasteiger partial charge in [-0.2, -0.15) is 0 Å². The van der Waals surface area contributed by atoms with Crippen molar-refractivity contribution in [3.8, 4) is 0 Å². The molecule has 1 aliphatic rings. The van der Waals surface area contributed by atoms with Crippen LogP contribution in [0.1, 0.15) is 30.7 Å². The summed E-state index contributed by atoms with van der Waals surface area (Å²) in [6.45, 7) is 3.17. The molecule has 1 aliphatic heterocycles. The fourth-order valence-corrected chi connectivity index (χ4v) is 4.09. The number of amides is 1. The van der Waals surface area contributed by atoms with Crippen LogP contribution in [0.3, 0.4) is 0 Å². The summed E-state index contributed by atoms with van der Waals surface area (Å²) >= 11 is 2.87. The number of aromatic amines is 1. The molecule has 0 radical (unpaired) electrons. The maximum atomic E-state index is 12.1. The molecule has 2 aromatic rings. The van der Waals surface area contributed by atoms with Gasteiger partial charge in [-0.3, -0.25) is 9.36 Å². The van der Waals surface area contributed by atoms with Crippen LogP contribution in [0, 0.1) is 0 Å². The van der Waals surface area contributed by atoms with E-state index in [9.17, 15) is 9.59 Å². The number of ether oxygens (including phenoxy) is 1. The number of thioether (sulfide) groups is 1. The minimum Gasteiger partial charge on any atom is -0.376 e. The number of aromatic nitrogens is 3. The van der Waals surface area contributed by atoms with Crippen LogP contribution in [0.2, 0.25) is 0 Å². The van der Waals surface area contributed by atoms with Gasteiger partial charge in [-0.05, 0) is 31.2 Å². The highest BCUT2D eigenvalue weighted by Gasteiger charge is 2.20. The molecule has 0 saturated carbocycles. The Balaban J connectivity index is 1.54. The molecule has 2 aromatic heterocycles. The first-order valence-corrected chi connectivity index (χ1v) is 9.72. The van der Waals surface area contributed by atoms with Crippen LogP contribution in [-0.4, -0.2) is 39.1 Å². The van der Waals surface area contributed by atoms with Crippen LogP contribution in [0.15, 0.2) is 27.5 Å². The monoisotopic (exact) mass is 368 g/mol. The fourth-order valence-electron chi connectivity index (χ4n) is 2.59. The molecule has 1 amide bonds. The number of rotatable bonds is 7. The van der Waals surface area contributed by atoms with E-state index in [0.717, 1.165) is 24.3 Å². The van der Waals surface area contributed by atoms with Gasteiger partial charge in [0.25, 0.3) is 0 Å². The van der Waals surface area contributed by atoms with Gasteiger partial charge in [-0.1, -0.05) is 17.8 Å². The van der Waals surface area contributed by atoms with Crippen LogP contribution in [0.25, 0.3) is 0 Å². The molecule has 0 aromatic carbocycles. The summed E-state index contributed by atoms with van der Waals surface area (Å²) in [7, 11) is 0. The summed E-state index contributed by atoms with van der Waals surface area (Å²) < 4.78 is 7.12. The third-order valence-electron chi connectivity index (χ3n) is 3.81. The van der Waals surface area contributed by atoms with Gasteiger partial charge >= 0.3 is 5.69 Å². The van der Waals surface area contributed by atoms with E-state index in [2.05, 4.69) is 15.5 Å². The standard InChI is InChI=1S/C15H20N4O3S2/c1-10(12-5-3-7-23-12)16-13(20)9-24-15-18-17-14(21)19(15)8-11-4-2-6-22-11/h3,5,7,10-11H,2,4,6,8-9H2,1H3,(H,16,20)(H,17,21). The molecule has 2 N–H and O–H groups in total. The summed E-state index contributed by atoms with van der Waals surface area (Å²) in [5, 5.41) is 11.9. The largest absolute Gasteiger partial charge is 0.376 e. The summed E-state index contributed by atoms with van der Waals surface area (Å²) in [5.74, 6) is 0.131. The molecule has 1 fully saturated rings. The van der Waals surface area contributed by atoms with Gasteiger partial charge in [-0.15, -0.1) is 16.4 Å². The minimum absolute atomic E-state index is 0.0219. The van der Waals surface area contributed by atoms with E-state index in [1.807, 2.05) is 24.4 Å². The number of thiophene rings is 1. The second kappa shape index (κ2) is 8.00. The molecule has 0 aliphatic carbocycles. The molecule has 24 heavy (non-hydrogen) atoms. The Bertz CT molecular complexity index is 719. The lowest BCUT2D eigenvalue weighted by atomic mass is 10.2. The Labute approximate surface area is 147 Å². The molecule has 9 heteroatoms. The second-order valence-corrected chi connectivity index (χ2v) is 7.57. The zero-order valence-corrected chi connectivity index (χ0v) is 15.0. The second-order valence-electron chi connectivity index (χ2n) is 5.65. The SMILES string of the molecule is CC(NC(=O)CSc1n[nH]c(=O)n1CC1CCCO1)c1cccs1. The van der Waals surface area contributed by atoms with Crippen LogP contribution >= 0.6 is 23.1 Å². The summed E-state index contributed by atoms with van der Waals surface area (Å²) in [4.78, 5) is 25.1. The Morgan fingerprint density at radius 3 is 3.25 bits per heavy atom. The van der Waals surface area contributed by atoms with Crippen molar-refractivity contribution in [1.29, 1.82) is 0 Å². The van der Waals surface area contributed by atoms with Gasteiger partial charge in [0.2, 0.25) is 5.91 Å². The van der Waals surface area contributed by atoms with Gasteiger partial charge in [0, 0.05) is 11.5 Å². The van der Waals surface area contributed by atoms with Crippen molar-refractivity contribution in [3.05, 3.63) is 32.9 Å². The molecule has 0 spiro atoms. The summed E-state index contributed by atoms with van der Waals surface area (Å²) in [6, 6.07) is 3.94. The first-order valence-electron chi connectivity index (χ1n) is 7.86. The predicted molar refractivity (Wildman–Crippen MR) is 93.4 cm³/mol. The quantitative estimate of drug-likeness (QED) is 0.727. The number of carbonyl (C=O) groups is 1. The molecule has 2 unspecified atom stereocenters. The lowest BCUT2D eigenvalue weighted by Gasteiger charge is -2.13. The van der Waals surface area contributed by atoms with Crippen LogP contribution in [-0.2, 0) is 16.1 Å². The highest BCUT2D eigenvalue weighted by molar-refractivity contribution is 7.99. The number of nitrogens with zero attached hydrogens (tertiary/aromatic N) is 2. The number of H-pyrrole nitrogens is 1. The molecule has 3 rings (SSSR count). The topological polar surface area (TPSA) is 89.0 Å². The number of hydrogen-bond acceptors (Lipinski definition) is 6. The van der Waals surface area contributed by atoms with E-state index in [0.29, 0.717) is 11.7 Å². The normalized spacial score (nSPS) is 18.6. The molecule has 1 saturated heterocycles. The first-order chi connectivity index (χ1) is 11.6. The number of hydrogen-bond donors (Lipinski definition) is 2. The first kappa shape index (κ1) is 17.2. The minimum atomic E-state index is -0.264. The summed E-state index contributed by atoms with van der Waals surface area (Å²) in [6.07, 6.45) is 2.01. The van der Waals surface area contributed by atoms with Crippen molar-refractivity contribution in [2.75, 3.05) is 12.4 Å². The Kier molecular flexibility index (Phi) is 5.75. The third kappa shape index (κ3) is 4.28. The van der Waals surface area contributed by atoms with Gasteiger partial charge in [0.1, 0.15) is 0 Å². The maximum absolute atomic E-state index is 12.1. The van der Waals surface area contributed by atoms with Gasteiger partial charge in [0.15, 0.2) is 5.16 Å². The van der Waals surface area contributed by atoms with Crippen LogP contribution in [0.4, 0.5) is 0 Å². The van der Waals surface area contributed by atoms with E-state index < -0.39 is 0 Å². The third-order valence-corrected chi connectivity index (χ3v) is 5.84. The average molecular weight is 368 g/mol. The molecule has 3 heterocycles. The molecule has 2 atom stereocenters. The number of nitrogens with one attached hydrogen (secondary N) is 2. The van der Waals surface area contributed by atoms with Crippen molar-refractivity contribution >= 4 is 29.0 Å². The molecule has 7 nitrogen and oxygen atoms in total. The molecule has 130 valence electrons. The van der Waals surface area contributed by atoms with E-state index in [-0.39, 0.29) is 29.5 Å². The van der Waals surface area contributed by atoms with Crippen molar-refractivity contribution in [3.63, 3.8) is 0 Å². The van der Waals surface area contributed by atoms with E-state index >= 15 is 0 Å². The predicted octanol–water partition coefficient (Wildman–Crippen LogP) is 1.78. The van der Waals surface area contributed by atoms with E-state index in [1.165, 1.54) is 11.8 Å². The van der Waals surface area contributed by atoms with Gasteiger partial charge in [0.05, 0.1) is 24.4 Å². The fraction of sp³-hybridized carbons (Fsp3) is 0.533. The van der Waals surface area contributed by atoms with Crippen LogP contribution in [0.5, 0.6) is 0 Å². The zero-order chi connectivity index (χ0) is 16.9. The van der Waals surface area contributed by atoms with Crippen molar-refractivity contribution in [2.24, 2.45) is 0 Å². The van der Waals surface area contributed by atoms with Gasteiger partial charge in [-0.25, -0.2) is 9.89 Å². The maximum Gasteiger partial charge on any atom is 0.344 e.